The molecule has 0 spiro atoms. The van der Waals surface area contributed by atoms with Crippen LogP contribution in [0.1, 0.15) is 213 Å². The van der Waals surface area contributed by atoms with E-state index in [0.29, 0.717) is 19.3 Å². The third-order valence-corrected chi connectivity index (χ3v) is 11.8. The first-order valence-electron chi connectivity index (χ1n) is 26.5. The molecule has 0 radical (unpaired) electrons. The van der Waals surface area contributed by atoms with E-state index in [1.165, 1.54) is 57.8 Å². The Hall–Kier alpha value is -3.34. The fourth-order valence-electron chi connectivity index (χ4n) is 6.83. The number of esters is 3. The Morgan fingerprint density at radius 1 is 0.426 bits per heavy atom. The normalized spacial score (nSPS) is 14.1. The Labute approximate surface area is 413 Å². The van der Waals surface area contributed by atoms with Crippen molar-refractivity contribution in [3.05, 3.63) is 85.1 Å². The van der Waals surface area contributed by atoms with Gasteiger partial charge in [0.05, 0.1) is 19.8 Å². The lowest BCUT2D eigenvalue weighted by Crippen LogP contribution is -2.30. The molecular formula is C56H95O11P. The molecule has 0 rings (SSSR count). The van der Waals surface area contributed by atoms with Crippen LogP contribution in [-0.4, -0.2) is 66.5 Å². The van der Waals surface area contributed by atoms with Gasteiger partial charge in [-0.05, 0) is 89.9 Å². The summed E-state index contributed by atoms with van der Waals surface area (Å²) in [6.45, 7) is 4.32. The molecule has 68 heavy (non-hydrogen) atoms. The Bertz CT molecular complexity index is 1460. The zero-order chi connectivity index (χ0) is 49.9. The van der Waals surface area contributed by atoms with Crippen LogP contribution in [0.15, 0.2) is 85.1 Å². The molecular weight excluding hydrogens is 880 g/mol. The highest BCUT2D eigenvalue weighted by atomic mass is 31.2. The van der Waals surface area contributed by atoms with Crippen LogP contribution in [0.5, 0.6) is 0 Å². The largest absolute Gasteiger partial charge is 0.472 e. The van der Waals surface area contributed by atoms with E-state index < -0.39 is 57.8 Å². The van der Waals surface area contributed by atoms with Crippen LogP contribution in [0, 0.1) is 0 Å². The number of aliphatic hydroxyl groups is 1. The lowest BCUT2D eigenvalue weighted by Gasteiger charge is -2.21. The van der Waals surface area contributed by atoms with Gasteiger partial charge < -0.3 is 24.2 Å². The topological polar surface area (TPSA) is 155 Å². The van der Waals surface area contributed by atoms with Crippen LogP contribution in [0.2, 0.25) is 0 Å². The molecule has 0 saturated heterocycles. The summed E-state index contributed by atoms with van der Waals surface area (Å²) in [5.41, 5.74) is 0. The third kappa shape index (κ3) is 47.7. The molecule has 0 aromatic heterocycles. The van der Waals surface area contributed by atoms with Gasteiger partial charge in [0, 0.05) is 19.3 Å². The number of phosphoric acid groups is 1. The lowest BCUT2D eigenvalue weighted by molar-refractivity contribution is -0.161. The predicted molar refractivity (Wildman–Crippen MR) is 279 cm³/mol. The van der Waals surface area contributed by atoms with Crippen LogP contribution < -0.4 is 0 Å². The molecule has 2 N–H and O–H groups in total. The number of aliphatic hydroxyl groups excluding tert-OH is 1. The lowest BCUT2D eigenvalue weighted by atomic mass is 10.0. The molecule has 0 aliphatic heterocycles. The minimum atomic E-state index is -4.76. The number of phosphoric ester groups is 1. The van der Waals surface area contributed by atoms with E-state index in [4.69, 9.17) is 23.3 Å². The molecule has 0 aromatic rings. The average molecular weight is 975 g/mol. The maximum atomic E-state index is 12.8. The quantitative estimate of drug-likeness (QED) is 0.0197. The van der Waals surface area contributed by atoms with E-state index in [0.717, 1.165) is 96.3 Å². The second-order valence-corrected chi connectivity index (χ2v) is 18.7. The predicted octanol–water partition coefficient (Wildman–Crippen LogP) is 15.1. The van der Waals surface area contributed by atoms with Gasteiger partial charge in [-0.25, -0.2) is 4.57 Å². The molecule has 0 fully saturated rings. The van der Waals surface area contributed by atoms with Gasteiger partial charge in [-0.2, -0.15) is 0 Å². The van der Waals surface area contributed by atoms with E-state index in [1.54, 1.807) is 0 Å². The van der Waals surface area contributed by atoms with E-state index in [1.807, 2.05) is 0 Å². The first-order valence-corrected chi connectivity index (χ1v) is 28.0. The highest BCUT2D eigenvalue weighted by Crippen LogP contribution is 2.43. The molecule has 0 aromatic carbocycles. The van der Waals surface area contributed by atoms with E-state index in [2.05, 4.69) is 106 Å². The summed E-state index contributed by atoms with van der Waals surface area (Å²) in [7, 11) is -4.76. The molecule has 0 saturated carbocycles. The minimum absolute atomic E-state index is 0.121. The summed E-state index contributed by atoms with van der Waals surface area (Å²) >= 11 is 0. The van der Waals surface area contributed by atoms with E-state index in [-0.39, 0.29) is 25.9 Å². The van der Waals surface area contributed by atoms with Crippen molar-refractivity contribution in [2.24, 2.45) is 0 Å². The Balaban J connectivity index is 4.82. The number of hydrogen-bond acceptors (Lipinski definition) is 10. The summed E-state index contributed by atoms with van der Waals surface area (Å²) in [5.74, 6) is -1.55. The summed E-state index contributed by atoms with van der Waals surface area (Å²) in [5, 5.41) is 9.78. The molecule has 390 valence electrons. The first kappa shape index (κ1) is 64.7. The number of allylic oxidation sites excluding steroid dienone is 14. The summed E-state index contributed by atoms with van der Waals surface area (Å²) in [6.07, 6.45) is 55.6. The van der Waals surface area contributed by atoms with Crippen LogP contribution >= 0.6 is 7.82 Å². The highest BCUT2D eigenvalue weighted by molar-refractivity contribution is 7.47. The average Bonchev–Trinajstić information content (AvgIpc) is 3.32. The molecule has 0 heterocycles. The van der Waals surface area contributed by atoms with Crippen molar-refractivity contribution in [1.82, 2.24) is 0 Å². The van der Waals surface area contributed by atoms with Crippen LogP contribution in [0.3, 0.4) is 0 Å². The van der Waals surface area contributed by atoms with Crippen LogP contribution in [0.25, 0.3) is 0 Å². The maximum Gasteiger partial charge on any atom is 0.472 e. The van der Waals surface area contributed by atoms with Crippen molar-refractivity contribution in [2.45, 2.75) is 226 Å². The van der Waals surface area contributed by atoms with E-state index in [9.17, 15) is 28.9 Å². The van der Waals surface area contributed by atoms with Gasteiger partial charge >= 0.3 is 25.7 Å². The molecule has 0 aliphatic rings. The standard InChI is InChI=1S/C56H95O11P/c1-4-7-10-13-16-19-22-25-26-29-30-33-36-39-42-45-54(58)63-49-53(67-56(60)47-44-41-38-35-32-28-24-21-18-15-12-9-6-3)51-65-68(61,62)64-50-52(48-57)66-55(59)46-43-40-37-34-31-27-23-20-17-14-11-8-5-2/h7,9-10,12,16,18-19,21,25-26,28,30,32-33,52-53,57H,4-6,8,11,13-15,17,20,22-24,27,29,31,34-51H2,1-3H3,(H,61,62)/b10-7-,12-9-,19-16-,21-18-,26-25-,32-28-,33-30-. The van der Waals surface area contributed by atoms with Gasteiger partial charge in [0.15, 0.2) is 6.10 Å². The van der Waals surface area contributed by atoms with Gasteiger partial charge in [-0.1, -0.05) is 189 Å². The molecule has 12 heteroatoms. The number of carbonyl (C=O) groups excluding carboxylic acids is 3. The van der Waals surface area contributed by atoms with Crippen molar-refractivity contribution in [2.75, 3.05) is 26.4 Å². The molecule has 11 nitrogen and oxygen atoms in total. The highest BCUT2D eigenvalue weighted by Gasteiger charge is 2.28. The van der Waals surface area contributed by atoms with Gasteiger partial charge in [-0.15, -0.1) is 0 Å². The Morgan fingerprint density at radius 2 is 0.765 bits per heavy atom. The van der Waals surface area contributed by atoms with Crippen LogP contribution in [0.4, 0.5) is 0 Å². The Kier molecular flexibility index (Phi) is 47.6. The summed E-state index contributed by atoms with van der Waals surface area (Å²) in [6, 6.07) is 0. The second-order valence-electron chi connectivity index (χ2n) is 17.3. The zero-order valence-corrected chi connectivity index (χ0v) is 43.7. The maximum absolute atomic E-state index is 12.8. The van der Waals surface area contributed by atoms with Gasteiger partial charge in [0.1, 0.15) is 12.7 Å². The zero-order valence-electron chi connectivity index (χ0n) is 42.8. The number of hydrogen-bond donors (Lipinski definition) is 2. The molecule has 3 unspecified atom stereocenters. The van der Waals surface area contributed by atoms with E-state index >= 15 is 0 Å². The number of rotatable bonds is 48. The SMILES string of the molecule is CC/C=C\C/C=C\C/C=C\C/C=C\CCCCC(=O)OCC(COP(=O)(O)OCC(CO)OC(=O)CCCCCCCCCCCCCCC)OC(=O)CCCCC/C=C\C/C=C\C/C=C\CC. The fraction of sp³-hybridized carbons (Fsp3) is 0.696. The first-order chi connectivity index (χ1) is 33.2. The van der Waals surface area contributed by atoms with Crippen molar-refractivity contribution in [3.8, 4) is 0 Å². The number of carbonyl (C=O) groups is 3. The molecule has 0 aliphatic carbocycles. The summed E-state index contributed by atoms with van der Waals surface area (Å²) in [4.78, 5) is 48.3. The van der Waals surface area contributed by atoms with Gasteiger partial charge in [-0.3, -0.25) is 23.4 Å². The second kappa shape index (κ2) is 50.1. The monoisotopic (exact) mass is 975 g/mol. The molecule has 0 amide bonds. The van der Waals surface area contributed by atoms with Crippen molar-refractivity contribution >= 4 is 25.7 Å². The smallest absolute Gasteiger partial charge is 0.462 e. The van der Waals surface area contributed by atoms with Crippen molar-refractivity contribution < 1.29 is 52.2 Å². The summed E-state index contributed by atoms with van der Waals surface area (Å²) < 4.78 is 39.3. The van der Waals surface area contributed by atoms with Crippen LogP contribution in [-0.2, 0) is 42.2 Å². The van der Waals surface area contributed by atoms with Gasteiger partial charge in [0.25, 0.3) is 0 Å². The van der Waals surface area contributed by atoms with Crippen molar-refractivity contribution in [1.29, 1.82) is 0 Å². The molecule has 0 bridgehead atoms. The number of ether oxygens (including phenoxy) is 3. The van der Waals surface area contributed by atoms with Crippen molar-refractivity contribution in [3.63, 3.8) is 0 Å². The minimum Gasteiger partial charge on any atom is -0.462 e. The fourth-order valence-corrected chi connectivity index (χ4v) is 7.61. The number of unbranched alkanes of at least 4 members (excludes halogenated alkanes) is 17. The third-order valence-electron chi connectivity index (χ3n) is 10.8. The van der Waals surface area contributed by atoms with Gasteiger partial charge in [0.2, 0.25) is 0 Å². The Morgan fingerprint density at radius 3 is 1.21 bits per heavy atom. The molecule has 3 atom stereocenters.